The van der Waals surface area contributed by atoms with Crippen LogP contribution in [-0.4, -0.2) is 48.9 Å². The van der Waals surface area contributed by atoms with Crippen molar-refractivity contribution in [3.05, 3.63) is 34.9 Å². The molecule has 1 aromatic rings. The molecule has 1 heterocycles. The zero-order chi connectivity index (χ0) is 17.8. The molecule has 5 nitrogen and oxygen atoms in total. The van der Waals surface area contributed by atoms with Crippen LogP contribution in [0, 0.1) is 5.92 Å². The normalized spacial score (nSPS) is 24.5. The van der Waals surface area contributed by atoms with E-state index in [1.54, 1.807) is 24.3 Å². The number of amides is 2. The van der Waals surface area contributed by atoms with Crippen LogP contribution >= 0.6 is 24.0 Å². The summed E-state index contributed by atoms with van der Waals surface area (Å²) in [5.74, 6) is 0.308. The molecule has 3 atom stereocenters. The smallest absolute Gasteiger partial charge is 0.254 e. The van der Waals surface area contributed by atoms with Crippen molar-refractivity contribution in [2.75, 3.05) is 20.1 Å². The molecule has 2 amide bonds. The number of likely N-dealkylation sites (N-methyl/N-ethyl adjacent to an activating group) is 1. The van der Waals surface area contributed by atoms with Crippen molar-refractivity contribution in [3.8, 4) is 0 Å². The van der Waals surface area contributed by atoms with E-state index >= 15 is 0 Å². The summed E-state index contributed by atoms with van der Waals surface area (Å²) >= 11 is 6.06. The molecule has 0 radical (unpaired) electrons. The Kier molecular flexibility index (Phi) is 7.74. The summed E-state index contributed by atoms with van der Waals surface area (Å²) in [5, 5.41) is 6.52. The van der Waals surface area contributed by atoms with Crippen molar-refractivity contribution in [1.82, 2.24) is 15.5 Å². The van der Waals surface area contributed by atoms with E-state index in [-0.39, 0.29) is 36.3 Å². The second kappa shape index (κ2) is 9.58. The largest absolute Gasteiger partial charge is 0.353 e. The minimum absolute atomic E-state index is 0. The molecule has 0 aromatic heterocycles. The van der Waals surface area contributed by atoms with Crippen molar-refractivity contribution in [2.24, 2.45) is 5.92 Å². The average molecular weight is 400 g/mol. The Hall–Kier alpha value is -1.30. The molecule has 1 saturated heterocycles. The zero-order valence-electron chi connectivity index (χ0n) is 15.0. The molecule has 2 fully saturated rings. The van der Waals surface area contributed by atoms with Gasteiger partial charge in [0, 0.05) is 29.7 Å². The van der Waals surface area contributed by atoms with Gasteiger partial charge in [0.15, 0.2) is 0 Å². The van der Waals surface area contributed by atoms with Gasteiger partial charge in [0.2, 0.25) is 5.91 Å². The number of fused-ring (bicyclic) bond motifs is 1. The fourth-order valence-electron chi connectivity index (χ4n) is 4.19. The van der Waals surface area contributed by atoms with Crippen LogP contribution in [0.3, 0.4) is 0 Å². The van der Waals surface area contributed by atoms with E-state index in [1.165, 1.54) is 6.42 Å². The lowest BCUT2D eigenvalue weighted by Gasteiger charge is -2.33. The number of nitrogens with one attached hydrogen (secondary N) is 2. The SMILES string of the molecule is CNCCNC(=O)C1CC2CCCCC2N1C(=O)c1cccc(Cl)c1.Cl. The maximum absolute atomic E-state index is 13.2. The Morgan fingerprint density at radius 3 is 2.73 bits per heavy atom. The third-order valence-electron chi connectivity index (χ3n) is 5.37. The first kappa shape index (κ1) is 21.0. The van der Waals surface area contributed by atoms with Gasteiger partial charge in [-0.25, -0.2) is 0 Å². The maximum Gasteiger partial charge on any atom is 0.254 e. The van der Waals surface area contributed by atoms with Crippen molar-refractivity contribution >= 4 is 35.8 Å². The Balaban J connectivity index is 0.00000243. The van der Waals surface area contributed by atoms with E-state index in [9.17, 15) is 9.59 Å². The molecule has 0 spiro atoms. The average Bonchev–Trinajstić information content (AvgIpc) is 3.01. The Morgan fingerprint density at radius 1 is 1.23 bits per heavy atom. The highest BCUT2D eigenvalue weighted by atomic mass is 35.5. The first-order valence-electron chi connectivity index (χ1n) is 9.12. The summed E-state index contributed by atoms with van der Waals surface area (Å²) < 4.78 is 0. The fraction of sp³-hybridized carbons (Fsp3) is 0.579. The van der Waals surface area contributed by atoms with Crippen molar-refractivity contribution in [3.63, 3.8) is 0 Å². The Bertz CT molecular complexity index is 641. The number of hydrogen-bond acceptors (Lipinski definition) is 3. The highest BCUT2D eigenvalue weighted by Gasteiger charge is 2.47. The number of carbonyl (C=O) groups excluding carboxylic acids is 2. The monoisotopic (exact) mass is 399 g/mol. The van der Waals surface area contributed by atoms with Gasteiger partial charge in [-0.2, -0.15) is 0 Å². The van der Waals surface area contributed by atoms with Gasteiger partial charge in [-0.05, 0) is 50.4 Å². The lowest BCUT2D eigenvalue weighted by atomic mass is 9.84. The predicted octanol–water partition coefficient (Wildman–Crippen LogP) is 2.87. The van der Waals surface area contributed by atoms with Gasteiger partial charge >= 0.3 is 0 Å². The Labute approximate surface area is 166 Å². The van der Waals surface area contributed by atoms with E-state index in [2.05, 4.69) is 10.6 Å². The summed E-state index contributed by atoms with van der Waals surface area (Å²) in [6.45, 7) is 1.29. The number of nitrogens with zero attached hydrogens (tertiary/aromatic N) is 1. The lowest BCUT2D eigenvalue weighted by Crippen LogP contribution is -2.50. The second-order valence-corrected chi connectivity index (χ2v) is 7.42. The summed E-state index contributed by atoms with van der Waals surface area (Å²) in [5.41, 5.74) is 0.562. The fourth-order valence-corrected chi connectivity index (χ4v) is 4.38. The Morgan fingerprint density at radius 2 is 2.00 bits per heavy atom. The summed E-state index contributed by atoms with van der Waals surface area (Å²) in [6, 6.07) is 6.80. The number of halogens is 2. The number of carbonyl (C=O) groups is 2. The van der Waals surface area contributed by atoms with Crippen LogP contribution in [0.2, 0.25) is 5.02 Å². The van der Waals surface area contributed by atoms with E-state index in [4.69, 9.17) is 11.6 Å². The van der Waals surface area contributed by atoms with Crippen LogP contribution in [0.25, 0.3) is 0 Å². The molecule has 1 saturated carbocycles. The van der Waals surface area contributed by atoms with E-state index < -0.39 is 0 Å². The van der Waals surface area contributed by atoms with Crippen molar-refractivity contribution in [1.29, 1.82) is 0 Å². The van der Waals surface area contributed by atoms with Gasteiger partial charge in [-0.15, -0.1) is 12.4 Å². The molecule has 144 valence electrons. The molecule has 1 aromatic carbocycles. The standard InChI is InChI=1S/C19H26ClN3O2.ClH/c1-21-9-10-22-18(24)17-12-13-5-2-3-8-16(13)23(17)19(25)14-6-4-7-15(20)11-14;/h4,6-7,11,13,16-17,21H,2-3,5,8-10,12H2,1H3,(H,22,24);1H. The third kappa shape index (κ3) is 4.51. The van der Waals surface area contributed by atoms with Crippen LogP contribution in [0.4, 0.5) is 0 Å². The molecule has 3 rings (SSSR count). The number of rotatable bonds is 5. The molecule has 1 aliphatic heterocycles. The molecule has 2 aliphatic rings. The number of likely N-dealkylation sites (tertiary alicyclic amines) is 1. The highest BCUT2D eigenvalue weighted by Crippen LogP contribution is 2.40. The number of benzene rings is 1. The quantitative estimate of drug-likeness (QED) is 0.748. The summed E-state index contributed by atoms with van der Waals surface area (Å²) in [6.07, 6.45) is 5.16. The second-order valence-electron chi connectivity index (χ2n) is 6.98. The zero-order valence-corrected chi connectivity index (χ0v) is 16.6. The molecule has 0 bridgehead atoms. The molecular formula is C19H27Cl2N3O2. The van der Waals surface area contributed by atoms with E-state index in [1.807, 2.05) is 11.9 Å². The van der Waals surface area contributed by atoms with Gasteiger partial charge in [-0.3, -0.25) is 9.59 Å². The predicted molar refractivity (Wildman–Crippen MR) is 106 cm³/mol. The minimum atomic E-state index is -0.378. The first-order chi connectivity index (χ1) is 12.1. The maximum atomic E-state index is 13.2. The van der Waals surface area contributed by atoms with Crippen LogP contribution in [0.1, 0.15) is 42.5 Å². The van der Waals surface area contributed by atoms with Gasteiger partial charge in [-0.1, -0.05) is 30.5 Å². The van der Waals surface area contributed by atoms with Crippen LogP contribution in [0.5, 0.6) is 0 Å². The highest BCUT2D eigenvalue weighted by molar-refractivity contribution is 6.31. The molecule has 26 heavy (non-hydrogen) atoms. The molecule has 1 aliphatic carbocycles. The van der Waals surface area contributed by atoms with Gasteiger partial charge in [0.1, 0.15) is 6.04 Å². The van der Waals surface area contributed by atoms with Crippen LogP contribution < -0.4 is 10.6 Å². The molecule has 3 unspecified atom stereocenters. The third-order valence-corrected chi connectivity index (χ3v) is 5.61. The summed E-state index contributed by atoms with van der Waals surface area (Å²) in [4.78, 5) is 27.7. The van der Waals surface area contributed by atoms with Crippen molar-refractivity contribution in [2.45, 2.75) is 44.2 Å². The topological polar surface area (TPSA) is 61.4 Å². The minimum Gasteiger partial charge on any atom is -0.353 e. The first-order valence-corrected chi connectivity index (χ1v) is 9.50. The number of hydrogen-bond donors (Lipinski definition) is 2. The van der Waals surface area contributed by atoms with Gasteiger partial charge in [0.25, 0.3) is 5.91 Å². The van der Waals surface area contributed by atoms with E-state index in [0.717, 1.165) is 25.7 Å². The van der Waals surface area contributed by atoms with Crippen molar-refractivity contribution < 1.29 is 9.59 Å². The van der Waals surface area contributed by atoms with E-state index in [0.29, 0.717) is 29.6 Å². The van der Waals surface area contributed by atoms with Crippen LogP contribution in [-0.2, 0) is 4.79 Å². The molecule has 2 N–H and O–H groups in total. The molecule has 7 heteroatoms. The summed E-state index contributed by atoms with van der Waals surface area (Å²) in [7, 11) is 1.85. The van der Waals surface area contributed by atoms with Crippen LogP contribution in [0.15, 0.2) is 24.3 Å². The van der Waals surface area contributed by atoms with Gasteiger partial charge in [0.05, 0.1) is 0 Å². The lowest BCUT2D eigenvalue weighted by molar-refractivity contribution is -0.125. The van der Waals surface area contributed by atoms with Gasteiger partial charge < -0.3 is 15.5 Å². The molecular weight excluding hydrogens is 373 g/mol.